The number of hydrogen-bond acceptors (Lipinski definition) is 4. The molecule has 0 aliphatic heterocycles. The van der Waals surface area contributed by atoms with Gasteiger partial charge in [-0.15, -0.1) is 11.3 Å². The molecule has 5 heteroatoms. The van der Waals surface area contributed by atoms with E-state index in [1.54, 1.807) is 11.4 Å². The molecule has 0 atom stereocenters. The Labute approximate surface area is 109 Å². The molecule has 0 radical (unpaired) electrons. The maximum absolute atomic E-state index is 11.7. The van der Waals surface area contributed by atoms with Crippen LogP contribution in [0.3, 0.4) is 0 Å². The fraction of sp³-hybridized carbons (Fsp3) is 0.0769. The van der Waals surface area contributed by atoms with Gasteiger partial charge in [0.1, 0.15) is 11.1 Å². The SMILES string of the molecule is N#Cc1ccsc1NC(=O)CNc1ccccc1. The van der Waals surface area contributed by atoms with Crippen molar-refractivity contribution in [1.82, 2.24) is 0 Å². The topological polar surface area (TPSA) is 64.9 Å². The van der Waals surface area contributed by atoms with Gasteiger partial charge in [-0.3, -0.25) is 4.79 Å². The number of thiophene rings is 1. The van der Waals surface area contributed by atoms with Crippen LogP contribution in [0.15, 0.2) is 41.8 Å². The summed E-state index contributed by atoms with van der Waals surface area (Å²) in [5.74, 6) is -0.169. The zero-order chi connectivity index (χ0) is 12.8. The molecule has 2 N–H and O–H groups in total. The third-order valence-corrected chi connectivity index (χ3v) is 3.10. The first kappa shape index (κ1) is 12.1. The van der Waals surface area contributed by atoms with Gasteiger partial charge in [0.15, 0.2) is 0 Å². The lowest BCUT2D eigenvalue weighted by molar-refractivity contribution is -0.114. The molecular weight excluding hydrogens is 246 g/mol. The number of rotatable bonds is 4. The second kappa shape index (κ2) is 5.84. The number of carbonyl (C=O) groups excluding carboxylic acids is 1. The molecule has 1 aromatic heterocycles. The quantitative estimate of drug-likeness (QED) is 0.885. The van der Waals surface area contributed by atoms with Crippen molar-refractivity contribution in [3.8, 4) is 6.07 Å². The minimum absolute atomic E-state index is 0.169. The highest BCUT2D eigenvalue weighted by Crippen LogP contribution is 2.21. The van der Waals surface area contributed by atoms with E-state index in [4.69, 9.17) is 5.26 Å². The molecule has 0 aliphatic carbocycles. The van der Waals surface area contributed by atoms with Crippen molar-refractivity contribution in [3.63, 3.8) is 0 Å². The third kappa shape index (κ3) is 3.09. The van der Waals surface area contributed by atoms with E-state index in [0.717, 1.165) is 5.69 Å². The maximum Gasteiger partial charge on any atom is 0.244 e. The Bertz CT molecular complexity index is 571. The number of para-hydroxylation sites is 1. The molecule has 0 fully saturated rings. The van der Waals surface area contributed by atoms with E-state index >= 15 is 0 Å². The molecule has 0 aliphatic rings. The molecule has 0 saturated carbocycles. The zero-order valence-corrected chi connectivity index (χ0v) is 10.3. The first-order chi connectivity index (χ1) is 8.79. The van der Waals surface area contributed by atoms with E-state index in [0.29, 0.717) is 10.6 Å². The largest absolute Gasteiger partial charge is 0.376 e. The summed E-state index contributed by atoms with van der Waals surface area (Å²) in [6.45, 7) is 0.173. The highest BCUT2D eigenvalue weighted by Gasteiger charge is 2.07. The molecule has 1 heterocycles. The summed E-state index contributed by atoms with van der Waals surface area (Å²) in [5, 5.41) is 16.9. The standard InChI is InChI=1S/C13H11N3OS/c14-8-10-6-7-18-13(10)16-12(17)9-15-11-4-2-1-3-5-11/h1-7,15H,9H2,(H,16,17). The van der Waals surface area contributed by atoms with Crippen LogP contribution in [0.25, 0.3) is 0 Å². The minimum Gasteiger partial charge on any atom is -0.376 e. The van der Waals surface area contributed by atoms with Crippen LogP contribution in [0.4, 0.5) is 10.7 Å². The van der Waals surface area contributed by atoms with Gasteiger partial charge in [0.05, 0.1) is 12.1 Å². The Kier molecular flexibility index (Phi) is 3.94. The molecule has 0 bridgehead atoms. The van der Waals surface area contributed by atoms with Crippen molar-refractivity contribution in [1.29, 1.82) is 5.26 Å². The summed E-state index contributed by atoms with van der Waals surface area (Å²) >= 11 is 1.34. The van der Waals surface area contributed by atoms with E-state index in [2.05, 4.69) is 10.6 Å². The van der Waals surface area contributed by atoms with E-state index < -0.39 is 0 Å². The van der Waals surface area contributed by atoms with Crippen LogP contribution in [0, 0.1) is 11.3 Å². The first-order valence-electron chi connectivity index (χ1n) is 5.36. The first-order valence-corrected chi connectivity index (χ1v) is 6.24. The van der Waals surface area contributed by atoms with Gasteiger partial charge in [-0.2, -0.15) is 5.26 Å². The van der Waals surface area contributed by atoms with Crippen molar-refractivity contribution in [2.75, 3.05) is 17.2 Å². The third-order valence-electron chi connectivity index (χ3n) is 2.27. The summed E-state index contributed by atoms with van der Waals surface area (Å²) in [5.41, 5.74) is 1.38. The summed E-state index contributed by atoms with van der Waals surface area (Å²) in [6.07, 6.45) is 0. The molecule has 4 nitrogen and oxygen atoms in total. The predicted molar refractivity (Wildman–Crippen MR) is 72.6 cm³/mol. The summed E-state index contributed by atoms with van der Waals surface area (Å²) in [4.78, 5) is 11.7. The van der Waals surface area contributed by atoms with Crippen LogP contribution >= 0.6 is 11.3 Å². The second-order valence-corrected chi connectivity index (χ2v) is 4.46. The van der Waals surface area contributed by atoms with Crippen molar-refractivity contribution < 1.29 is 4.79 Å². The molecule has 2 aromatic rings. The number of nitrogens with zero attached hydrogens (tertiary/aromatic N) is 1. The van der Waals surface area contributed by atoms with Gasteiger partial charge in [0, 0.05) is 5.69 Å². The normalized spacial score (nSPS) is 9.50. The number of benzene rings is 1. The summed E-state index contributed by atoms with van der Waals surface area (Å²) < 4.78 is 0. The molecule has 1 aromatic carbocycles. The number of hydrogen-bond donors (Lipinski definition) is 2. The predicted octanol–water partition coefficient (Wildman–Crippen LogP) is 2.67. The van der Waals surface area contributed by atoms with Crippen molar-refractivity contribution in [3.05, 3.63) is 47.3 Å². The van der Waals surface area contributed by atoms with Crippen LogP contribution in [-0.2, 0) is 4.79 Å². The monoisotopic (exact) mass is 257 g/mol. The van der Waals surface area contributed by atoms with Gasteiger partial charge in [0.2, 0.25) is 5.91 Å². The number of nitrogens with one attached hydrogen (secondary N) is 2. The highest BCUT2D eigenvalue weighted by atomic mass is 32.1. The van der Waals surface area contributed by atoms with Crippen LogP contribution in [0.2, 0.25) is 0 Å². The molecular formula is C13H11N3OS. The van der Waals surface area contributed by atoms with Crippen LogP contribution in [-0.4, -0.2) is 12.5 Å². The Morgan fingerprint density at radius 2 is 2.06 bits per heavy atom. The molecule has 0 spiro atoms. The fourth-order valence-electron chi connectivity index (χ4n) is 1.40. The minimum atomic E-state index is -0.169. The van der Waals surface area contributed by atoms with Gasteiger partial charge in [-0.25, -0.2) is 0 Å². The average Bonchev–Trinajstić information content (AvgIpc) is 2.85. The van der Waals surface area contributed by atoms with Gasteiger partial charge < -0.3 is 10.6 Å². The maximum atomic E-state index is 11.7. The number of amides is 1. The highest BCUT2D eigenvalue weighted by molar-refractivity contribution is 7.14. The molecule has 18 heavy (non-hydrogen) atoms. The van der Waals surface area contributed by atoms with E-state index in [1.807, 2.05) is 36.4 Å². The molecule has 0 unspecified atom stereocenters. The molecule has 2 rings (SSSR count). The number of carbonyl (C=O) groups is 1. The average molecular weight is 257 g/mol. The van der Waals surface area contributed by atoms with E-state index in [9.17, 15) is 4.79 Å². The lowest BCUT2D eigenvalue weighted by Gasteiger charge is -2.06. The Hall–Kier alpha value is -2.32. The Morgan fingerprint density at radius 1 is 1.28 bits per heavy atom. The van der Waals surface area contributed by atoms with Crippen molar-refractivity contribution >= 4 is 27.9 Å². The molecule has 1 amide bonds. The van der Waals surface area contributed by atoms with E-state index in [1.165, 1.54) is 11.3 Å². The van der Waals surface area contributed by atoms with E-state index in [-0.39, 0.29) is 12.5 Å². The fourth-order valence-corrected chi connectivity index (χ4v) is 2.16. The Balaban J connectivity index is 1.88. The van der Waals surface area contributed by atoms with Gasteiger partial charge in [-0.1, -0.05) is 18.2 Å². The smallest absolute Gasteiger partial charge is 0.244 e. The van der Waals surface area contributed by atoms with Crippen molar-refractivity contribution in [2.24, 2.45) is 0 Å². The summed E-state index contributed by atoms with van der Waals surface area (Å²) in [7, 11) is 0. The van der Waals surface area contributed by atoms with Gasteiger partial charge in [0.25, 0.3) is 0 Å². The Morgan fingerprint density at radius 3 is 2.78 bits per heavy atom. The second-order valence-electron chi connectivity index (χ2n) is 3.54. The summed E-state index contributed by atoms with van der Waals surface area (Å²) in [6, 6.07) is 13.2. The molecule has 0 saturated heterocycles. The zero-order valence-electron chi connectivity index (χ0n) is 9.51. The van der Waals surface area contributed by atoms with Gasteiger partial charge in [-0.05, 0) is 23.6 Å². The number of anilines is 2. The number of nitriles is 1. The lowest BCUT2D eigenvalue weighted by atomic mass is 10.3. The van der Waals surface area contributed by atoms with Crippen LogP contribution in [0.5, 0.6) is 0 Å². The van der Waals surface area contributed by atoms with Crippen LogP contribution in [0.1, 0.15) is 5.56 Å². The lowest BCUT2D eigenvalue weighted by Crippen LogP contribution is -2.21. The van der Waals surface area contributed by atoms with Gasteiger partial charge >= 0.3 is 0 Å². The van der Waals surface area contributed by atoms with Crippen LogP contribution < -0.4 is 10.6 Å². The molecule has 90 valence electrons. The van der Waals surface area contributed by atoms with Crippen molar-refractivity contribution in [2.45, 2.75) is 0 Å².